The van der Waals surface area contributed by atoms with Crippen LogP contribution in [0, 0.1) is 11.3 Å². The van der Waals surface area contributed by atoms with Gasteiger partial charge < -0.3 is 15.0 Å². The zero-order chi connectivity index (χ0) is 18.9. The van der Waals surface area contributed by atoms with Gasteiger partial charge in [-0.2, -0.15) is 5.26 Å². The number of amides is 2. The molecule has 0 aromatic heterocycles. The first-order valence-electron chi connectivity index (χ1n) is 8.31. The van der Waals surface area contributed by atoms with Crippen LogP contribution in [-0.2, 0) is 4.79 Å². The zero-order valence-corrected chi connectivity index (χ0v) is 14.9. The zero-order valence-electron chi connectivity index (χ0n) is 14.9. The van der Waals surface area contributed by atoms with Crippen LogP contribution in [0.5, 0.6) is 5.75 Å². The van der Waals surface area contributed by atoms with E-state index in [9.17, 15) is 9.59 Å². The van der Waals surface area contributed by atoms with E-state index in [0.29, 0.717) is 29.1 Å². The van der Waals surface area contributed by atoms with Crippen molar-refractivity contribution in [2.75, 3.05) is 25.5 Å². The lowest BCUT2D eigenvalue weighted by atomic mass is 10.1. The lowest BCUT2D eigenvalue weighted by Gasteiger charge is -2.22. The molecule has 2 aromatic rings. The molecule has 26 heavy (non-hydrogen) atoms. The second-order valence-electron chi connectivity index (χ2n) is 5.66. The number of hydrogen-bond acceptors (Lipinski definition) is 4. The van der Waals surface area contributed by atoms with Gasteiger partial charge in [-0.05, 0) is 42.8 Å². The maximum Gasteiger partial charge on any atom is 0.254 e. The Balaban J connectivity index is 2.09. The summed E-state index contributed by atoms with van der Waals surface area (Å²) in [6, 6.07) is 15.5. The van der Waals surface area contributed by atoms with Gasteiger partial charge in [0.15, 0.2) is 0 Å². The van der Waals surface area contributed by atoms with Gasteiger partial charge in [-0.1, -0.05) is 19.1 Å². The van der Waals surface area contributed by atoms with Gasteiger partial charge >= 0.3 is 0 Å². The van der Waals surface area contributed by atoms with Gasteiger partial charge in [0.05, 0.1) is 24.4 Å². The molecule has 6 nitrogen and oxygen atoms in total. The molecule has 0 aliphatic rings. The molecule has 1 N–H and O–H groups in total. The van der Waals surface area contributed by atoms with Crippen molar-refractivity contribution in [3.63, 3.8) is 0 Å². The summed E-state index contributed by atoms with van der Waals surface area (Å²) in [5, 5.41) is 11.6. The number of anilines is 1. The van der Waals surface area contributed by atoms with Crippen LogP contribution < -0.4 is 10.1 Å². The largest absolute Gasteiger partial charge is 0.495 e. The number of nitriles is 1. The van der Waals surface area contributed by atoms with E-state index in [1.807, 2.05) is 19.1 Å². The molecule has 0 saturated carbocycles. The number of carbonyl (C=O) groups excluding carboxylic acids is 2. The Morgan fingerprint density at radius 2 is 1.85 bits per heavy atom. The molecule has 0 saturated heterocycles. The molecule has 134 valence electrons. The van der Waals surface area contributed by atoms with Crippen LogP contribution in [0.15, 0.2) is 48.5 Å². The first-order chi connectivity index (χ1) is 12.6. The van der Waals surface area contributed by atoms with Crippen molar-refractivity contribution in [3.8, 4) is 11.8 Å². The number of rotatable bonds is 7. The highest BCUT2D eigenvalue weighted by molar-refractivity contribution is 5.99. The summed E-state index contributed by atoms with van der Waals surface area (Å²) in [5.74, 6) is 0.0118. The van der Waals surface area contributed by atoms with Gasteiger partial charge in [0, 0.05) is 12.1 Å². The topological polar surface area (TPSA) is 82.4 Å². The molecule has 2 aromatic carbocycles. The molecular weight excluding hydrogens is 330 g/mol. The molecule has 0 aliphatic carbocycles. The second-order valence-corrected chi connectivity index (χ2v) is 5.66. The van der Waals surface area contributed by atoms with E-state index in [1.165, 1.54) is 12.0 Å². The quantitative estimate of drug-likeness (QED) is 0.831. The van der Waals surface area contributed by atoms with E-state index < -0.39 is 0 Å². The summed E-state index contributed by atoms with van der Waals surface area (Å²) < 4.78 is 5.22. The molecule has 0 aliphatic heterocycles. The van der Waals surface area contributed by atoms with Crippen LogP contribution in [0.25, 0.3) is 0 Å². The standard InChI is InChI=1S/C20H21N3O3/c1-3-12-23(20(25)16-10-8-15(13-21)9-11-16)14-19(24)22-17-6-4-5-7-18(17)26-2/h4-11H,3,12,14H2,1-2H3,(H,22,24). The van der Waals surface area contributed by atoms with Gasteiger partial charge in [-0.15, -0.1) is 0 Å². The fourth-order valence-corrected chi connectivity index (χ4v) is 2.50. The first kappa shape index (κ1) is 19.0. The lowest BCUT2D eigenvalue weighted by Crippen LogP contribution is -2.38. The van der Waals surface area contributed by atoms with E-state index in [0.717, 1.165) is 6.42 Å². The average molecular weight is 351 g/mol. The van der Waals surface area contributed by atoms with Crippen molar-refractivity contribution in [1.82, 2.24) is 4.90 Å². The van der Waals surface area contributed by atoms with Crippen molar-refractivity contribution < 1.29 is 14.3 Å². The van der Waals surface area contributed by atoms with Crippen LogP contribution in [0.3, 0.4) is 0 Å². The number of methoxy groups -OCH3 is 1. The summed E-state index contributed by atoms with van der Waals surface area (Å²) >= 11 is 0. The fraction of sp³-hybridized carbons (Fsp3) is 0.250. The molecule has 0 fully saturated rings. The van der Waals surface area contributed by atoms with Crippen LogP contribution in [0.4, 0.5) is 5.69 Å². The fourth-order valence-electron chi connectivity index (χ4n) is 2.50. The Bertz CT molecular complexity index is 810. The Morgan fingerprint density at radius 1 is 1.15 bits per heavy atom. The van der Waals surface area contributed by atoms with E-state index in [1.54, 1.807) is 42.5 Å². The smallest absolute Gasteiger partial charge is 0.254 e. The maximum atomic E-state index is 12.7. The van der Waals surface area contributed by atoms with Crippen molar-refractivity contribution in [2.24, 2.45) is 0 Å². The van der Waals surface area contributed by atoms with Crippen molar-refractivity contribution in [3.05, 3.63) is 59.7 Å². The van der Waals surface area contributed by atoms with Gasteiger partial charge in [0.25, 0.3) is 5.91 Å². The summed E-state index contributed by atoms with van der Waals surface area (Å²) in [7, 11) is 1.53. The molecule has 2 rings (SSSR count). The van der Waals surface area contributed by atoms with Crippen LogP contribution >= 0.6 is 0 Å². The minimum atomic E-state index is -0.301. The SMILES string of the molecule is CCCN(CC(=O)Nc1ccccc1OC)C(=O)c1ccc(C#N)cc1. The highest BCUT2D eigenvalue weighted by Gasteiger charge is 2.19. The van der Waals surface area contributed by atoms with Crippen LogP contribution in [0.2, 0.25) is 0 Å². The number of ether oxygens (including phenoxy) is 1. The van der Waals surface area contributed by atoms with Gasteiger partial charge in [-0.25, -0.2) is 0 Å². The highest BCUT2D eigenvalue weighted by Crippen LogP contribution is 2.22. The van der Waals surface area contributed by atoms with Crippen molar-refractivity contribution in [2.45, 2.75) is 13.3 Å². The molecular formula is C20H21N3O3. The predicted octanol–water partition coefficient (Wildman–Crippen LogP) is 3.06. The molecule has 0 heterocycles. The Morgan fingerprint density at radius 3 is 2.46 bits per heavy atom. The predicted molar refractivity (Wildman–Crippen MR) is 99.0 cm³/mol. The average Bonchev–Trinajstić information content (AvgIpc) is 2.67. The third-order valence-electron chi connectivity index (χ3n) is 3.76. The highest BCUT2D eigenvalue weighted by atomic mass is 16.5. The number of hydrogen-bond donors (Lipinski definition) is 1. The van der Waals surface area contributed by atoms with E-state index >= 15 is 0 Å². The normalized spacial score (nSPS) is 9.88. The Labute approximate surface area is 153 Å². The molecule has 0 radical (unpaired) electrons. The first-order valence-corrected chi connectivity index (χ1v) is 8.31. The van der Waals surface area contributed by atoms with Crippen molar-refractivity contribution >= 4 is 17.5 Å². The molecule has 0 atom stereocenters. The maximum absolute atomic E-state index is 12.7. The van der Waals surface area contributed by atoms with Gasteiger partial charge in [0.2, 0.25) is 5.91 Å². The van der Waals surface area contributed by atoms with Crippen molar-refractivity contribution in [1.29, 1.82) is 5.26 Å². The third-order valence-corrected chi connectivity index (χ3v) is 3.76. The minimum Gasteiger partial charge on any atom is -0.495 e. The van der Waals surface area contributed by atoms with E-state index in [2.05, 4.69) is 5.32 Å². The third kappa shape index (κ3) is 4.84. The molecule has 0 unspecified atom stereocenters. The van der Waals surface area contributed by atoms with E-state index in [-0.39, 0.29) is 18.4 Å². The number of nitrogens with one attached hydrogen (secondary N) is 1. The summed E-state index contributed by atoms with van der Waals surface area (Å²) in [6.45, 7) is 2.33. The summed E-state index contributed by atoms with van der Waals surface area (Å²) in [5.41, 5.74) is 1.49. The van der Waals surface area contributed by atoms with Crippen LogP contribution in [-0.4, -0.2) is 36.9 Å². The number of nitrogens with zero attached hydrogens (tertiary/aromatic N) is 2. The number of benzene rings is 2. The second kappa shape index (κ2) is 9.23. The molecule has 0 spiro atoms. The summed E-state index contributed by atoms with van der Waals surface area (Å²) in [4.78, 5) is 26.6. The number of para-hydroxylation sites is 2. The van der Waals surface area contributed by atoms with E-state index in [4.69, 9.17) is 10.00 Å². The lowest BCUT2D eigenvalue weighted by molar-refractivity contribution is -0.116. The Kier molecular flexibility index (Phi) is 6.75. The number of carbonyl (C=O) groups is 2. The van der Waals surface area contributed by atoms with Crippen LogP contribution in [0.1, 0.15) is 29.3 Å². The monoisotopic (exact) mass is 351 g/mol. The molecule has 6 heteroatoms. The molecule has 0 bridgehead atoms. The minimum absolute atomic E-state index is 0.0648. The summed E-state index contributed by atoms with van der Waals surface area (Å²) in [6.07, 6.45) is 0.726. The Hall–Kier alpha value is -3.33. The van der Waals surface area contributed by atoms with Gasteiger partial charge in [0.1, 0.15) is 12.3 Å². The van der Waals surface area contributed by atoms with Gasteiger partial charge in [-0.3, -0.25) is 9.59 Å². The molecule has 2 amide bonds.